The van der Waals surface area contributed by atoms with Crippen molar-refractivity contribution in [1.29, 1.82) is 0 Å². The van der Waals surface area contributed by atoms with E-state index in [4.69, 9.17) is 5.73 Å². The molecule has 96 valence electrons. The molecule has 1 aromatic rings. The Bertz CT molecular complexity index is 350. The lowest BCUT2D eigenvalue weighted by Gasteiger charge is -2.19. The molecule has 0 amide bonds. The van der Waals surface area contributed by atoms with Gasteiger partial charge in [0, 0.05) is 17.0 Å². The number of nitrogens with two attached hydrogens (primary N) is 1. The fourth-order valence-electron chi connectivity index (χ4n) is 2.25. The quantitative estimate of drug-likeness (QED) is 0.851. The first kappa shape index (κ1) is 14.6. The Balaban J connectivity index is 2.78. The van der Waals surface area contributed by atoms with Crippen LogP contribution in [0.2, 0.25) is 0 Å². The van der Waals surface area contributed by atoms with Crippen molar-refractivity contribution in [2.45, 2.75) is 52.3 Å². The van der Waals surface area contributed by atoms with Crippen LogP contribution in [0.25, 0.3) is 0 Å². The molecule has 0 saturated carbocycles. The van der Waals surface area contributed by atoms with E-state index in [2.05, 4.69) is 46.8 Å². The van der Waals surface area contributed by atoms with E-state index in [1.54, 1.807) is 0 Å². The zero-order valence-corrected chi connectivity index (χ0v) is 12.5. The van der Waals surface area contributed by atoms with Crippen LogP contribution in [0.4, 0.5) is 0 Å². The fourth-order valence-corrected chi connectivity index (χ4v) is 3.18. The minimum absolute atomic E-state index is 0.162. The summed E-state index contributed by atoms with van der Waals surface area (Å²) in [4.78, 5) is 0. The van der Waals surface area contributed by atoms with Gasteiger partial charge in [-0.25, -0.2) is 0 Å². The smallest absolute Gasteiger partial charge is 0.0392 e. The Morgan fingerprint density at radius 1 is 1.18 bits per heavy atom. The summed E-state index contributed by atoms with van der Waals surface area (Å²) in [5.74, 6) is 1.01. The average molecular weight is 251 g/mol. The van der Waals surface area contributed by atoms with Crippen LogP contribution in [0.15, 0.2) is 12.1 Å². The second-order valence-corrected chi connectivity index (χ2v) is 6.44. The van der Waals surface area contributed by atoms with Gasteiger partial charge in [0.05, 0.1) is 0 Å². The summed E-state index contributed by atoms with van der Waals surface area (Å²) in [6, 6.07) is 4.63. The highest BCUT2D eigenvalue weighted by Crippen LogP contribution is 2.26. The molecule has 0 heterocycles. The van der Waals surface area contributed by atoms with E-state index in [1.165, 1.54) is 28.7 Å². The van der Waals surface area contributed by atoms with Crippen molar-refractivity contribution in [3.63, 3.8) is 0 Å². The first-order chi connectivity index (χ1) is 7.95. The Morgan fingerprint density at radius 2 is 1.71 bits per heavy atom. The van der Waals surface area contributed by atoms with E-state index in [-0.39, 0.29) is 6.04 Å². The Kier molecular flexibility index (Phi) is 5.54. The van der Waals surface area contributed by atoms with Crippen LogP contribution in [-0.4, -0.2) is 11.0 Å². The van der Waals surface area contributed by atoms with Gasteiger partial charge in [-0.2, -0.15) is 11.8 Å². The molecule has 0 radical (unpaired) electrons. The first-order valence-corrected chi connectivity index (χ1v) is 7.45. The molecule has 0 aliphatic carbocycles. The molecule has 2 atom stereocenters. The van der Waals surface area contributed by atoms with Crippen LogP contribution in [0.3, 0.4) is 0 Å². The summed E-state index contributed by atoms with van der Waals surface area (Å²) in [5.41, 5.74) is 11.7. The molecular formula is C15H25NS. The number of aryl methyl sites for hydroxylation is 3. The van der Waals surface area contributed by atoms with Gasteiger partial charge in [0.15, 0.2) is 0 Å². The van der Waals surface area contributed by atoms with Gasteiger partial charge in [0.25, 0.3) is 0 Å². The third-order valence-electron chi connectivity index (χ3n) is 3.24. The molecule has 0 saturated heterocycles. The largest absolute Gasteiger partial charge is 0.323 e. The monoisotopic (exact) mass is 251 g/mol. The summed E-state index contributed by atoms with van der Waals surface area (Å²) >= 11 is 1.98. The first-order valence-electron chi connectivity index (χ1n) is 6.40. The number of thioether (sulfide) groups is 1. The minimum Gasteiger partial charge on any atom is -0.323 e. The van der Waals surface area contributed by atoms with Crippen LogP contribution >= 0.6 is 11.8 Å². The maximum Gasteiger partial charge on any atom is 0.0392 e. The van der Waals surface area contributed by atoms with Gasteiger partial charge in [0.1, 0.15) is 0 Å². The number of hydrogen-bond acceptors (Lipinski definition) is 2. The van der Waals surface area contributed by atoms with Crippen molar-refractivity contribution in [3.05, 3.63) is 34.4 Å². The normalized spacial score (nSPS) is 14.7. The molecule has 1 rings (SSSR count). The predicted molar refractivity (Wildman–Crippen MR) is 79.8 cm³/mol. The van der Waals surface area contributed by atoms with Crippen LogP contribution < -0.4 is 5.73 Å². The highest BCUT2D eigenvalue weighted by atomic mass is 32.2. The molecule has 0 aliphatic rings. The summed E-state index contributed by atoms with van der Waals surface area (Å²) in [6.45, 7) is 11.0. The molecule has 0 aliphatic heterocycles. The molecule has 1 nitrogen and oxygen atoms in total. The van der Waals surface area contributed by atoms with Crippen molar-refractivity contribution in [3.8, 4) is 0 Å². The molecule has 2 N–H and O–H groups in total. The van der Waals surface area contributed by atoms with Gasteiger partial charge in [-0.3, -0.25) is 0 Å². The lowest BCUT2D eigenvalue weighted by atomic mass is 9.95. The Hall–Kier alpha value is -0.470. The molecule has 1 aromatic carbocycles. The van der Waals surface area contributed by atoms with Gasteiger partial charge < -0.3 is 5.73 Å². The molecular weight excluding hydrogens is 226 g/mol. The van der Waals surface area contributed by atoms with E-state index < -0.39 is 0 Å². The maximum atomic E-state index is 6.33. The van der Waals surface area contributed by atoms with Crippen LogP contribution in [-0.2, 0) is 0 Å². The Morgan fingerprint density at radius 3 is 2.18 bits per heavy atom. The van der Waals surface area contributed by atoms with Gasteiger partial charge >= 0.3 is 0 Å². The van der Waals surface area contributed by atoms with Gasteiger partial charge in [0.2, 0.25) is 0 Å². The second-order valence-electron chi connectivity index (χ2n) is 4.97. The van der Waals surface area contributed by atoms with Crippen LogP contribution in [0.1, 0.15) is 48.6 Å². The van der Waals surface area contributed by atoms with Crippen molar-refractivity contribution in [1.82, 2.24) is 0 Å². The van der Waals surface area contributed by atoms with Gasteiger partial charge in [-0.1, -0.05) is 31.5 Å². The predicted octanol–water partition coefficient (Wildman–Crippen LogP) is 4.14. The van der Waals surface area contributed by atoms with E-state index in [1.807, 2.05) is 11.8 Å². The van der Waals surface area contributed by atoms with Crippen LogP contribution in [0, 0.1) is 20.8 Å². The number of hydrogen-bond donors (Lipinski definition) is 1. The van der Waals surface area contributed by atoms with Crippen molar-refractivity contribution >= 4 is 11.8 Å². The zero-order valence-electron chi connectivity index (χ0n) is 11.7. The molecule has 0 spiro atoms. The standard InChI is InChI=1S/C15H25NS/c1-6-13(5)17-9-14(16)15-11(3)7-10(2)8-12(15)4/h7-8,13-14H,6,9,16H2,1-5H3. The molecule has 0 fully saturated rings. The highest BCUT2D eigenvalue weighted by Gasteiger charge is 2.13. The fraction of sp³-hybridized carbons (Fsp3) is 0.600. The highest BCUT2D eigenvalue weighted by molar-refractivity contribution is 7.99. The minimum atomic E-state index is 0.162. The van der Waals surface area contributed by atoms with Crippen LogP contribution in [0.5, 0.6) is 0 Å². The maximum absolute atomic E-state index is 6.33. The molecule has 2 heteroatoms. The van der Waals surface area contributed by atoms with E-state index in [0.29, 0.717) is 5.25 Å². The lowest BCUT2D eigenvalue weighted by Crippen LogP contribution is -2.17. The van der Waals surface area contributed by atoms with E-state index in [0.717, 1.165) is 5.75 Å². The molecule has 17 heavy (non-hydrogen) atoms. The van der Waals surface area contributed by atoms with E-state index in [9.17, 15) is 0 Å². The third kappa shape index (κ3) is 4.04. The summed E-state index contributed by atoms with van der Waals surface area (Å²) in [5, 5.41) is 0.701. The zero-order chi connectivity index (χ0) is 13.0. The summed E-state index contributed by atoms with van der Waals surface area (Å²) in [7, 11) is 0. The summed E-state index contributed by atoms with van der Waals surface area (Å²) < 4.78 is 0. The summed E-state index contributed by atoms with van der Waals surface area (Å²) in [6.07, 6.45) is 1.21. The average Bonchev–Trinajstić information content (AvgIpc) is 2.24. The molecule has 2 unspecified atom stereocenters. The number of rotatable bonds is 5. The van der Waals surface area contributed by atoms with Crippen molar-refractivity contribution in [2.24, 2.45) is 5.73 Å². The number of benzene rings is 1. The van der Waals surface area contributed by atoms with Crippen molar-refractivity contribution < 1.29 is 0 Å². The van der Waals surface area contributed by atoms with Gasteiger partial charge in [-0.05, 0) is 43.9 Å². The van der Waals surface area contributed by atoms with Crippen molar-refractivity contribution in [2.75, 3.05) is 5.75 Å². The van der Waals surface area contributed by atoms with E-state index >= 15 is 0 Å². The Labute approximate surface area is 110 Å². The topological polar surface area (TPSA) is 26.0 Å². The third-order valence-corrected chi connectivity index (χ3v) is 4.70. The van der Waals surface area contributed by atoms with Gasteiger partial charge in [-0.15, -0.1) is 0 Å². The molecule has 0 bridgehead atoms. The SMILES string of the molecule is CCC(C)SCC(N)c1c(C)cc(C)cc1C. The molecule has 0 aromatic heterocycles. The lowest BCUT2D eigenvalue weighted by molar-refractivity contribution is 0.805. The second kappa shape index (κ2) is 6.46.